The van der Waals surface area contributed by atoms with Crippen molar-refractivity contribution in [1.29, 1.82) is 5.26 Å². The number of para-hydroxylation sites is 1. The molecule has 1 atom stereocenters. The summed E-state index contributed by atoms with van der Waals surface area (Å²) in [6, 6.07) is 12.8. The standard InChI is InChI=1S/C17H17NO4/c1-2-12-5-3-4-6-14(12)21-10-9-13(11-18)15-7-8-16(22-15)17(19)20/h3-8,13H,2,9-10H2,1H3,(H,19,20). The molecule has 2 rings (SSSR count). The Hall–Kier alpha value is -2.74. The molecule has 22 heavy (non-hydrogen) atoms. The molecular formula is C17H17NO4. The Kier molecular flexibility index (Phi) is 5.21. The van der Waals surface area contributed by atoms with E-state index in [1.807, 2.05) is 24.3 Å². The third kappa shape index (κ3) is 3.67. The molecular weight excluding hydrogens is 282 g/mol. The Labute approximate surface area is 128 Å². The molecule has 0 saturated carbocycles. The Balaban J connectivity index is 1.96. The van der Waals surface area contributed by atoms with Gasteiger partial charge >= 0.3 is 5.97 Å². The molecule has 2 aromatic rings. The molecule has 1 aromatic heterocycles. The van der Waals surface area contributed by atoms with Crippen LogP contribution in [0.5, 0.6) is 5.75 Å². The first-order valence-corrected chi connectivity index (χ1v) is 7.09. The number of carbonyl (C=O) groups is 1. The minimum absolute atomic E-state index is 0.160. The lowest BCUT2D eigenvalue weighted by molar-refractivity contribution is 0.0660. The lowest BCUT2D eigenvalue weighted by Gasteiger charge is -2.11. The molecule has 0 amide bonds. The normalized spacial score (nSPS) is 11.6. The fourth-order valence-corrected chi connectivity index (χ4v) is 2.15. The van der Waals surface area contributed by atoms with Gasteiger partial charge in [-0.15, -0.1) is 0 Å². The molecule has 0 aliphatic carbocycles. The number of aromatic carboxylic acids is 1. The zero-order valence-electron chi connectivity index (χ0n) is 12.3. The fourth-order valence-electron chi connectivity index (χ4n) is 2.15. The Morgan fingerprint density at radius 1 is 1.36 bits per heavy atom. The lowest BCUT2D eigenvalue weighted by atomic mass is 10.1. The molecule has 0 spiro atoms. The molecule has 1 N–H and O–H groups in total. The summed E-state index contributed by atoms with van der Waals surface area (Å²) in [4.78, 5) is 10.8. The van der Waals surface area contributed by atoms with Crippen LogP contribution in [0.2, 0.25) is 0 Å². The van der Waals surface area contributed by atoms with E-state index >= 15 is 0 Å². The van der Waals surface area contributed by atoms with Crippen molar-refractivity contribution in [3.05, 3.63) is 53.5 Å². The number of rotatable bonds is 7. The molecule has 1 unspecified atom stereocenters. The van der Waals surface area contributed by atoms with E-state index in [-0.39, 0.29) is 5.76 Å². The Bertz CT molecular complexity index is 684. The highest BCUT2D eigenvalue weighted by atomic mass is 16.5. The van der Waals surface area contributed by atoms with Crippen molar-refractivity contribution >= 4 is 5.97 Å². The topological polar surface area (TPSA) is 83.5 Å². The minimum atomic E-state index is -1.14. The third-order valence-electron chi connectivity index (χ3n) is 3.35. The van der Waals surface area contributed by atoms with Crippen molar-refractivity contribution in [2.45, 2.75) is 25.7 Å². The molecule has 1 heterocycles. The van der Waals surface area contributed by atoms with E-state index in [0.29, 0.717) is 18.8 Å². The molecule has 0 aliphatic rings. The average molecular weight is 299 g/mol. The summed E-state index contributed by atoms with van der Waals surface area (Å²) in [6.07, 6.45) is 1.30. The summed E-state index contributed by atoms with van der Waals surface area (Å²) in [5, 5.41) is 18.0. The van der Waals surface area contributed by atoms with E-state index in [0.717, 1.165) is 17.7 Å². The molecule has 0 bridgehead atoms. The molecule has 5 heteroatoms. The summed E-state index contributed by atoms with van der Waals surface area (Å²) in [7, 11) is 0. The number of nitrogens with zero attached hydrogens (tertiary/aromatic N) is 1. The van der Waals surface area contributed by atoms with Gasteiger partial charge < -0.3 is 14.3 Å². The van der Waals surface area contributed by atoms with Crippen molar-refractivity contribution < 1.29 is 19.1 Å². The number of benzene rings is 1. The maximum absolute atomic E-state index is 10.8. The zero-order valence-corrected chi connectivity index (χ0v) is 12.3. The van der Waals surface area contributed by atoms with Gasteiger partial charge in [-0.25, -0.2) is 4.79 Å². The van der Waals surface area contributed by atoms with Gasteiger partial charge in [0.15, 0.2) is 0 Å². The molecule has 0 aliphatic heterocycles. The second-order valence-electron chi connectivity index (χ2n) is 4.79. The summed E-state index contributed by atoms with van der Waals surface area (Å²) in [5.41, 5.74) is 1.11. The predicted octanol–water partition coefficient (Wildman–Crippen LogP) is 3.62. The van der Waals surface area contributed by atoms with Gasteiger partial charge in [0.25, 0.3) is 0 Å². The van der Waals surface area contributed by atoms with Crippen LogP contribution in [0.4, 0.5) is 0 Å². The molecule has 0 radical (unpaired) electrons. The number of hydrogen-bond donors (Lipinski definition) is 1. The van der Waals surface area contributed by atoms with Crippen LogP contribution in [-0.2, 0) is 6.42 Å². The van der Waals surface area contributed by atoms with E-state index < -0.39 is 11.9 Å². The van der Waals surface area contributed by atoms with E-state index in [1.54, 1.807) is 0 Å². The van der Waals surface area contributed by atoms with Crippen LogP contribution >= 0.6 is 0 Å². The monoisotopic (exact) mass is 299 g/mol. The van der Waals surface area contributed by atoms with Crippen molar-refractivity contribution in [3.63, 3.8) is 0 Å². The number of hydrogen-bond acceptors (Lipinski definition) is 4. The van der Waals surface area contributed by atoms with Crippen LogP contribution in [0.25, 0.3) is 0 Å². The first kappa shape index (κ1) is 15.6. The van der Waals surface area contributed by atoms with Crippen LogP contribution in [-0.4, -0.2) is 17.7 Å². The van der Waals surface area contributed by atoms with Crippen molar-refractivity contribution in [2.24, 2.45) is 0 Å². The number of furan rings is 1. The smallest absolute Gasteiger partial charge is 0.371 e. The van der Waals surface area contributed by atoms with E-state index in [2.05, 4.69) is 13.0 Å². The first-order chi connectivity index (χ1) is 10.7. The van der Waals surface area contributed by atoms with Crippen molar-refractivity contribution in [1.82, 2.24) is 0 Å². The molecule has 0 saturated heterocycles. The van der Waals surface area contributed by atoms with Gasteiger partial charge in [-0.1, -0.05) is 25.1 Å². The van der Waals surface area contributed by atoms with E-state index in [1.165, 1.54) is 12.1 Å². The Morgan fingerprint density at radius 2 is 2.14 bits per heavy atom. The fraction of sp³-hybridized carbons (Fsp3) is 0.294. The maximum Gasteiger partial charge on any atom is 0.371 e. The molecule has 0 fully saturated rings. The summed E-state index contributed by atoms with van der Waals surface area (Å²) >= 11 is 0. The summed E-state index contributed by atoms with van der Waals surface area (Å²) in [6.45, 7) is 2.41. The lowest BCUT2D eigenvalue weighted by Crippen LogP contribution is -2.05. The van der Waals surface area contributed by atoms with Gasteiger partial charge in [0.2, 0.25) is 5.76 Å². The van der Waals surface area contributed by atoms with Crippen LogP contribution in [0, 0.1) is 11.3 Å². The van der Waals surface area contributed by atoms with Crippen LogP contribution < -0.4 is 4.74 Å². The van der Waals surface area contributed by atoms with Crippen LogP contribution in [0.1, 0.15) is 41.1 Å². The van der Waals surface area contributed by atoms with Crippen LogP contribution in [0.3, 0.4) is 0 Å². The second-order valence-corrected chi connectivity index (χ2v) is 4.79. The molecule has 1 aromatic carbocycles. The highest BCUT2D eigenvalue weighted by molar-refractivity contribution is 5.84. The number of aryl methyl sites for hydroxylation is 1. The SMILES string of the molecule is CCc1ccccc1OCCC(C#N)c1ccc(C(=O)O)o1. The average Bonchev–Trinajstić information content (AvgIpc) is 3.02. The number of carboxylic acid groups (broad SMARTS) is 1. The quantitative estimate of drug-likeness (QED) is 0.844. The number of nitriles is 1. The van der Waals surface area contributed by atoms with E-state index in [9.17, 15) is 10.1 Å². The highest BCUT2D eigenvalue weighted by Gasteiger charge is 2.18. The Morgan fingerprint density at radius 3 is 2.77 bits per heavy atom. The van der Waals surface area contributed by atoms with Gasteiger partial charge in [0.1, 0.15) is 17.4 Å². The molecule has 5 nitrogen and oxygen atoms in total. The van der Waals surface area contributed by atoms with Crippen molar-refractivity contribution in [3.8, 4) is 11.8 Å². The zero-order chi connectivity index (χ0) is 15.9. The summed E-state index contributed by atoms with van der Waals surface area (Å²) in [5.74, 6) is -0.662. The summed E-state index contributed by atoms with van der Waals surface area (Å²) < 4.78 is 10.9. The van der Waals surface area contributed by atoms with E-state index in [4.69, 9.17) is 14.3 Å². The van der Waals surface area contributed by atoms with Gasteiger partial charge in [-0.05, 0) is 30.2 Å². The second kappa shape index (κ2) is 7.32. The number of ether oxygens (including phenoxy) is 1. The highest BCUT2D eigenvalue weighted by Crippen LogP contribution is 2.23. The first-order valence-electron chi connectivity index (χ1n) is 7.09. The molecule has 114 valence electrons. The third-order valence-corrected chi connectivity index (χ3v) is 3.35. The van der Waals surface area contributed by atoms with Gasteiger partial charge in [0, 0.05) is 6.42 Å². The van der Waals surface area contributed by atoms with Gasteiger partial charge in [-0.2, -0.15) is 5.26 Å². The largest absolute Gasteiger partial charge is 0.493 e. The number of carboxylic acids is 1. The van der Waals surface area contributed by atoms with Crippen molar-refractivity contribution in [2.75, 3.05) is 6.61 Å². The minimum Gasteiger partial charge on any atom is -0.493 e. The van der Waals surface area contributed by atoms with Gasteiger partial charge in [-0.3, -0.25) is 0 Å². The van der Waals surface area contributed by atoms with Gasteiger partial charge in [0.05, 0.1) is 12.7 Å². The van der Waals surface area contributed by atoms with Crippen LogP contribution in [0.15, 0.2) is 40.8 Å². The maximum atomic E-state index is 10.8. The predicted molar refractivity (Wildman–Crippen MR) is 80.0 cm³/mol.